The highest BCUT2D eigenvalue weighted by molar-refractivity contribution is 5.95. The fourth-order valence-corrected chi connectivity index (χ4v) is 6.61. The molecule has 0 unspecified atom stereocenters. The van der Waals surface area contributed by atoms with Gasteiger partial charge < -0.3 is 14.2 Å². The number of hydrogen-bond donors (Lipinski definition) is 0. The Bertz CT molecular complexity index is 1730. The minimum Gasteiger partial charge on any atom is -0.378 e. The molecule has 0 N–H and O–H groups in total. The highest BCUT2D eigenvalue weighted by atomic mass is 19.1. The average molecular weight is 549 g/mol. The van der Waals surface area contributed by atoms with Crippen molar-refractivity contribution in [2.45, 2.75) is 44.6 Å². The van der Waals surface area contributed by atoms with Crippen molar-refractivity contribution in [3.63, 3.8) is 0 Å². The first kappa shape index (κ1) is 25.8. The number of aromatic nitrogens is 3. The summed E-state index contributed by atoms with van der Waals surface area (Å²) in [7, 11) is 0. The summed E-state index contributed by atoms with van der Waals surface area (Å²) in [5.74, 6) is 0.235. The van der Waals surface area contributed by atoms with Crippen molar-refractivity contribution in [2.24, 2.45) is 0 Å². The molecule has 3 heterocycles. The predicted molar refractivity (Wildman–Crippen MR) is 159 cm³/mol. The molecule has 0 atom stereocenters. The second kappa shape index (κ2) is 11.1. The van der Waals surface area contributed by atoms with E-state index >= 15 is 0 Å². The lowest BCUT2D eigenvalue weighted by Crippen LogP contribution is -2.42. The van der Waals surface area contributed by atoms with Crippen LogP contribution < -0.4 is 0 Å². The molecule has 0 bridgehead atoms. The van der Waals surface area contributed by atoms with E-state index in [1.165, 1.54) is 36.3 Å². The molecular weight excluding hydrogens is 515 g/mol. The molecule has 208 valence electrons. The molecule has 2 fully saturated rings. The van der Waals surface area contributed by atoms with Gasteiger partial charge in [0.15, 0.2) is 0 Å². The van der Waals surface area contributed by atoms with E-state index in [1.807, 2.05) is 11.0 Å². The minimum atomic E-state index is -0.315. The Morgan fingerprint density at radius 3 is 2.54 bits per heavy atom. The third-order valence-electron chi connectivity index (χ3n) is 8.65. The van der Waals surface area contributed by atoms with E-state index in [-0.39, 0.29) is 18.3 Å². The van der Waals surface area contributed by atoms with Gasteiger partial charge in [0.05, 0.1) is 41.8 Å². The van der Waals surface area contributed by atoms with Crippen LogP contribution in [0.25, 0.3) is 44.5 Å². The van der Waals surface area contributed by atoms with E-state index in [2.05, 4.69) is 41.0 Å². The van der Waals surface area contributed by atoms with Gasteiger partial charge in [0.2, 0.25) is 5.91 Å². The molecule has 3 aromatic carbocycles. The Morgan fingerprint density at radius 1 is 0.927 bits per heavy atom. The molecule has 0 radical (unpaired) electrons. The molecule has 1 aliphatic carbocycles. The van der Waals surface area contributed by atoms with Gasteiger partial charge in [-0.05, 0) is 54.7 Å². The van der Waals surface area contributed by atoms with Crippen molar-refractivity contribution < 1.29 is 13.9 Å². The fourth-order valence-electron chi connectivity index (χ4n) is 6.61. The summed E-state index contributed by atoms with van der Waals surface area (Å²) in [5.41, 5.74) is 6.95. The van der Waals surface area contributed by atoms with E-state index in [4.69, 9.17) is 14.7 Å². The predicted octanol–water partition coefficient (Wildman–Crippen LogP) is 6.96. The van der Waals surface area contributed by atoms with Gasteiger partial charge >= 0.3 is 0 Å². The highest BCUT2D eigenvalue weighted by Crippen LogP contribution is 2.44. The molecule has 2 aliphatic rings. The molecule has 2 aromatic heterocycles. The Labute approximate surface area is 238 Å². The second-order valence-corrected chi connectivity index (χ2v) is 11.1. The van der Waals surface area contributed by atoms with Crippen molar-refractivity contribution in [2.75, 3.05) is 26.3 Å². The Balaban J connectivity index is 1.37. The Hall–Kier alpha value is -4.10. The summed E-state index contributed by atoms with van der Waals surface area (Å²) >= 11 is 0. The van der Waals surface area contributed by atoms with Crippen LogP contribution in [-0.2, 0) is 16.1 Å². The van der Waals surface area contributed by atoms with E-state index in [0.29, 0.717) is 49.0 Å². The number of nitrogens with zero attached hydrogens (tertiary/aromatic N) is 4. The molecule has 5 aromatic rings. The zero-order valence-electron chi connectivity index (χ0n) is 23.1. The maximum atomic E-state index is 14.5. The monoisotopic (exact) mass is 548 g/mol. The molecule has 1 amide bonds. The first-order valence-corrected chi connectivity index (χ1v) is 14.7. The number of rotatable bonds is 5. The number of hydrogen-bond acceptors (Lipinski definition) is 4. The average Bonchev–Trinajstić information content (AvgIpc) is 3.35. The summed E-state index contributed by atoms with van der Waals surface area (Å²) in [5, 5.41) is 1.23. The maximum absolute atomic E-state index is 14.5. The highest BCUT2D eigenvalue weighted by Gasteiger charge is 2.28. The molecule has 0 spiro atoms. The number of carbonyl (C=O) groups is 1. The molecule has 7 rings (SSSR count). The SMILES string of the molecule is O=C(Cn1c(-c2ccc3nc(-c4ccccc4F)cnc3c2)c(C2CCCCC2)c2ccccc21)N1CCOCC1. The molecule has 1 aliphatic heterocycles. The van der Waals surface area contributed by atoms with Gasteiger partial charge in [0.25, 0.3) is 0 Å². The molecule has 6 nitrogen and oxygen atoms in total. The molecule has 1 saturated carbocycles. The van der Waals surface area contributed by atoms with Gasteiger partial charge in [-0.2, -0.15) is 0 Å². The van der Waals surface area contributed by atoms with Gasteiger partial charge in [-0.25, -0.2) is 9.37 Å². The van der Waals surface area contributed by atoms with Gasteiger partial charge in [-0.3, -0.25) is 9.78 Å². The lowest BCUT2D eigenvalue weighted by Gasteiger charge is -2.28. The number of morpholine rings is 1. The zero-order chi connectivity index (χ0) is 27.8. The van der Waals surface area contributed by atoms with Crippen molar-refractivity contribution in [1.82, 2.24) is 19.4 Å². The van der Waals surface area contributed by atoms with Crippen LogP contribution in [0.15, 0.2) is 72.9 Å². The fraction of sp³-hybridized carbons (Fsp3) is 0.324. The van der Waals surface area contributed by atoms with Crippen molar-refractivity contribution >= 4 is 27.8 Å². The smallest absolute Gasteiger partial charge is 0.242 e. The second-order valence-electron chi connectivity index (χ2n) is 11.1. The third-order valence-corrected chi connectivity index (χ3v) is 8.65. The van der Waals surface area contributed by atoms with Gasteiger partial charge in [0.1, 0.15) is 12.4 Å². The van der Waals surface area contributed by atoms with Crippen molar-refractivity contribution in [3.05, 3.63) is 84.3 Å². The summed E-state index contributed by atoms with van der Waals surface area (Å²) in [6.45, 7) is 2.68. The Morgan fingerprint density at radius 2 is 1.71 bits per heavy atom. The van der Waals surface area contributed by atoms with Crippen LogP contribution >= 0.6 is 0 Å². The summed E-state index contributed by atoms with van der Waals surface area (Å²) in [6.07, 6.45) is 7.66. The quantitative estimate of drug-likeness (QED) is 0.238. The van der Waals surface area contributed by atoms with E-state index < -0.39 is 0 Å². The van der Waals surface area contributed by atoms with Crippen LogP contribution in [0, 0.1) is 5.82 Å². The summed E-state index contributed by atoms with van der Waals surface area (Å²) in [4.78, 5) is 25.0. The first-order chi connectivity index (χ1) is 20.2. The van der Waals surface area contributed by atoms with E-state index in [9.17, 15) is 9.18 Å². The lowest BCUT2D eigenvalue weighted by molar-refractivity contribution is -0.135. The zero-order valence-corrected chi connectivity index (χ0v) is 23.1. The lowest BCUT2D eigenvalue weighted by atomic mass is 9.82. The van der Waals surface area contributed by atoms with Crippen LogP contribution in [0.5, 0.6) is 0 Å². The number of ether oxygens (including phenoxy) is 1. The van der Waals surface area contributed by atoms with Crippen molar-refractivity contribution in [3.8, 4) is 22.5 Å². The number of fused-ring (bicyclic) bond motifs is 2. The molecule has 7 heteroatoms. The van der Waals surface area contributed by atoms with Crippen molar-refractivity contribution in [1.29, 1.82) is 0 Å². The van der Waals surface area contributed by atoms with Crippen LogP contribution in [0.1, 0.15) is 43.6 Å². The largest absolute Gasteiger partial charge is 0.378 e. The standard InChI is InChI=1S/C34H33FN4O2/c35-27-12-6-4-10-25(27)30-21-36-29-20-24(14-15-28(29)37-30)34-33(23-8-2-1-3-9-23)26-11-5-7-13-31(26)39(34)22-32(40)38-16-18-41-19-17-38/h4-7,10-15,20-21,23H,1-3,8-9,16-19,22H2. The van der Waals surface area contributed by atoms with Gasteiger partial charge in [-0.1, -0.05) is 55.7 Å². The third kappa shape index (κ3) is 4.88. The van der Waals surface area contributed by atoms with Crippen LogP contribution in [0.4, 0.5) is 4.39 Å². The first-order valence-electron chi connectivity index (χ1n) is 14.7. The van der Waals surface area contributed by atoms with Crippen LogP contribution in [0.3, 0.4) is 0 Å². The number of amides is 1. The van der Waals surface area contributed by atoms with E-state index in [0.717, 1.165) is 35.1 Å². The summed E-state index contributed by atoms with van der Waals surface area (Å²) in [6, 6.07) is 21.3. The number of benzene rings is 3. The summed E-state index contributed by atoms with van der Waals surface area (Å²) < 4.78 is 22.2. The molecule has 41 heavy (non-hydrogen) atoms. The van der Waals surface area contributed by atoms with Crippen LogP contribution in [0.2, 0.25) is 0 Å². The normalized spacial score (nSPS) is 16.5. The maximum Gasteiger partial charge on any atom is 0.242 e. The van der Waals surface area contributed by atoms with E-state index in [1.54, 1.807) is 24.4 Å². The molecular formula is C34H33FN4O2. The van der Waals surface area contributed by atoms with Gasteiger partial charge in [0, 0.05) is 35.1 Å². The minimum absolute atomic E-state index is 0.112. The number of para-hydroxylation sites is 1. The number of carbonyl (C=O) groups excluding carboxylic acids is 1. The Kier molecular flexibility index (Phi) is 6.97. The molecule has 1 saturated heterocycles. The van der Waals surface area contributed by atoms with Crippen LogP contribution in [-0.4, -0.2) is 51.6 Å². The van der Waals surface area contributed by atoms with Gasteiger partial charge in [-0.15, -0.1) is 0 Å². The number of halogens is 1. The topological polar surface area (TPSA) is 60.2 Å².